The normalized spacial score (nSPS) is 11.4. The van der Waals surface area contributed by atoms with Crippen LogP contribution in [0.5, 0.6) is 17.2 Å². The lowest BCUT2D eigenvalue weighted by atomic mass is 10.0. The number of aromatic nitrogens is 1. The fourth-order valence-electron chi connectivity index (χ4n) is 11.3. The van der Waals surface area contributed by atoms with Crippen molar-refractivity contribution in [3.8, 4) is 28.4 Å². The van der Waals surface area contributed by atoms with Crippen LogP contribution < -0.4 is 14.2 Å². The molecule has 0 spiro atoms. The monoisotopic (exact) mass is 1140 g/mol. The van der Waals surface area contributed by atoms with Gasteiger partial charge in [0.15, 0.2) is 11.5 Å². The van der Waals surface area contributed by atoms with Crippen molar-refractivity contribution in [1.29, 1.82) is 0 Å². The Morgan fingerprint density at radius 2 is 0.716 bits per heavy atom. The van der Waals surface area contributed by atoms with Crippen LogP contribution in [0.1, 0.15) is 345 Å². The summed E-state index contributed by atoms with van der Waals surface area (Å²) in [6.07, 6.45) is 69.8. The van der Waals surface area contributed by atoms with E-state index in [1.807, 2.05) is 24.3 Å². The van der Waals surface area contributed by atoms with Gasteiger partial charge in [-0.2, -0.15) is 0 Å². The maximum Gasteiger partial charge on any atom is 0.340 e. The van der Waals surface area contributed by atoms with Crippen molar-refractivity contribution in [3.05, 3.63) is 66.0 Å². The van der Waals surface area contributed by atoms with Gasteiger partial charge >= 0.3 is 5.97 Å². The molecule has 6 nitrogen and oxygen atoms in total. The zero-order valence-corrected chi connectivity index (χ0v) is 54.2. The molecule has 0 amide bonds. The van der Waals surface area contributed by atoms with Crippen molar-refractivity contribution in [1.82, 2.24) is 4.98 Å². The van der Waals surface area contributed by atoms with Gasteiger partial charge in [0.1, 0.15) is 6.61 Å². The number of carbonyl (C=O) groups excluding carboxylic acids is 1. The third-order valence-corrected chi connectivity index (χ3v) is 17.3. The van der Waals surface area contributed by atoms with E-state index in [-0.39, 0.29) is 6.61 Å². The molecule has 0 bridgehead atoms. The highest BCUT2D eigenvalue weighted by Gasteiger charge is 2.18. The summed E-state index contributed by atoms with van der Waals surface area (Å²) in [5.74, 6) is 1.68. The van der Waals surface area contributed by atoms with E-state index < -0.39 is 5.97 Å². The molecule has 0 unspecified atom stereocenters. The first-order valence-corrected chi connectivity index (χ1v) is 36.1. The predicted molar refractivity (Wildman–Crippen MR) is 352 cm³/mol. The Kier molecular flexibility index (Phi) is 47.6. The Morgan fingerprint density at radius 3 is 1.06 bits per heavy atom. The highest BCUT2D eigenvalue weighted by Crippen LogP contribution is 2.40. The van der Waals surface area contributed by atoms with E-state index in [0.717, 1.165) is 55.2 Å². The minimum Gasteiger partial charge on any atom is -0.490 e. The first kappa shape index (κ1) is 72.1. The summed E-state index contributed by atoms with van der Waals surface area (Å²) >= 11 is 1.70. The average Bonchev–Trinajstić information content (AvgIpc) is 3.61. The number of esters is 1. The van der Waals surface area contributed by atoms with Crippen LogP contribution in [-0.4, -0.2) is 37.0 Å². The van der Waals surface area contributed by atoms with E-state index in [1.54, 1.807) is 24.2 Å². The molecule has 3 rings (SSSR count). The Balaban J connectivity index is 1.58. The summed E-state index contributed by atoms with van der Waals surface area (Å²) in [6, 6.07) is 14.2. The Morgan fingerprint density at radius 1 is 0.383 bits per heavy atom. The number of ether oxygens (including phenoxy) is 4. The van der Waals surface area contributed by atoms with Gasteiger partial charge in [0.2, 0.25) is 5.75 Å². The Hall–Kier alpha value is -3.19. The lowest BCUT2D eigenvalue weighted by Crippen LogP contribution is -2.09. The Labute approximate surface area is 504 Å². The van der Waals surface area contributed by atoms with Crippen LogP contribution >= 0.6 is 11.8 Å². The summed E-state index contributed by atoms with van der Waals surface area (Å²) in [4.78, 5) is 19.3. The van der Waals surface area contributed by atoms with Gasteiger partial charge in [-0.05, 0) is 67.0 Å². The van der Waals surface area contributed by atoms with E-state index in [9.17, 15) is 4.79 Å². The number of rotatable bonds is 59. The van der Waals surface area contributed by atoms with Crippen molar-refractivity contribution in [2.24, 2.45) is 0 Å². The van der Waals surface area contributed by atoms with Crippen LogP contribution in [0.3, 0.4) is 0 Å². The molecule has 7 heteroatoms. The summed E-state index contributed by atoms with van der Waals surface area (Å²) in [5, 5.41) is 0. The van der Waals surface area contributed by atoms with E-state index in [2.05, 4.69) is 50.2 Å². The second-order valence-corrected chi connectivity index (χ2v) is 25.0. The number of hydrogen-bond acceptors (Lipinski definition) is 7. The molecule has 0 fully saturated rings. The number of nitrogens with zero attached hydrogens (tertiary/aromatic N) is 1. The van der Waals surface area contributed by atoms with Crippen LogP contribution in [0.25, 0.3) is 11.1 Å². The number of thioether (sulfide) groups is 1. The fourth-order valence-corrected chi connectivity index (χ4v) is 11.8. The SMILES string of the molecule is CCCCCCCCCCCCCCCCCCOc1cc(COC(=O)c2cncc(-c3cccc(SC)c3)c2)cc(OCCCCCCCCCCCCCCCCCC)c1OCCCCCCCCCCCCCCCCCC. The van der Waals surface area contributed by atoms with Gasteiger partial charge in [0.25, 0.3) is 0 Å². The van der Waals surface area contributed by atoms with Gasteiger partial charge in [-0.3, -0.25) is 4.98 Å². The number of carbonyl (C=O) groups is 1. The minimum absolute atomic E-state index is 0.0925. The summed E-state index contributed by atoms with van der Waals surface area (Å²) < 4.78 is 26.1. The molecule has 2 aromatic carbocycles. The second kappa shape index (κ2) is 53.5. The highest BCUT2D eigenvalue weighted by molar-refractivity contribution is 7.98. The topological polar surface area (TPSA) is 66.9 Å². The molecular formula is C74H125NO5S. The maximum absolute atomic E-state index is 13.7. The van der Waals surface area contributed by atoms with E-state index in [1.165, 1.54) is 275 Å². The number of benzene rings is 2. The molecule has 0 N–H and O–H groups in total. The van der Waals surface area contributed by atoms with Gasteiger partial charge in [-0.25, -0.2) is 4.79 Å². The van der Waals surface area contributed by atoms with E-state index in [0.29, 0.717) is 42.6 Å². The van der Waals surface area contributed by atoms with Gasteiger partial charge in [0, 0.05) is 22.9 Å². The summed E-state index contributed by atoms with van der Waals surface area (Å²) in [6.45, 7) is 8.85. The molecule has 0 aliphatic carbocycles. The largest absolute Gasteiger partial charge is 0.490 e. The standard InChI is InChI=1S/C74H125NO5S/c1-5-8-11-14-17-20-23-26-29-32-35-38-41-44-47-50-56-77-71-59-66(65-80-74(76)69-61-68(63-75-64-69)67-54-53-55-70(62-67)81-4)60-72(78-57-51-48-45-42-39-36-33-30-27-24-21-18-15-12-9-6-2)73(71)79-58-52-49-46-43-40-37-34-31-28-25-22-19-16-13-10-7-3/h53-55,59-64H,5-52,56-58,65H2,1-4H3. The van der Waals surface area contributed by atoms with Crippen LogP contribution in [-0.2, 0) is 11.3 Å². The van der Waals surface area contributed by atoms with Crippen LogP contribution in [0.15, 0.2) is 59.8 Å². The third-order valence-electron chi connectivity index (χ3n) is 16.6. The Bertz CT molecular complexity index is 1830. The average molecular weight is 1140 g/mol. The van der Waals surface area contributed by atoms with Gasteiger partial charge < -0.3 is 18.9 Å². The number of unbranched alkanes of at least 4 members (excludes halogenated alkanes) is 45. The highest BCUT2D eigenvalue weighted by atomic mass is 32.2. The van der Waals surface area contributed by atoms with Gasteiger partial charge in [0.05, 0.1) is 25.4 Å². The molecular weight excluding hydrogens is 1010 g/mol. The van der Waals surface area contributed by atoms with Gasteiger partial charge in [-0.1, -0.05) is 322 Å². The van der Waals surface area contributed by atoms with Crippen molar-refractivity contribution in [3.63, 3.8) is 0 Å². The zero-order valence-electron chi connectivity index (χ0n) is 53.4. The van der Waals surface area contributed by atoms with Crippen molar-refractivity contribution in [2.45, 2.75) is 340 Å². The smallest absolute Gasteiger partial charge is 0.340 e. The van der Waals surface area contributed by atoms with Crippen LogP contribution in [0.4, 0.5) is 0 Å². The quantitative estimate of drug-likeness (QED) is 0.0317. The fraction of sp³-hybridized carbons (Fsp3) is 0.757. The molecule has 462 valence electrons. The molecule has 1 aromatic heterocycles. The molecule has 1 heterocycles. The molecule has 0 saturated carbocycles. The molecule has 0 atom stereocenters. The maximum atomic E-state index is 13.7. The minimum atomic E-state index is -0.402. The second-order valence-electron chi connectivity index (χ2n) is 24.1. The molecule has 0 saturated heterocycles. The van der Waals surface area contributed by atoms with E-state index in [4.69, 9.17) is 18.9 Å². The van der Waals surface area contributed by atoms with Crippen LogP contribution in [0, 0.1) is 0 Å². The zero-order chi connectivity index (χ0) is 57.6. The predicted octanol–water partition coefficient (Wildman–Crippen LogP) is 24.7. The van der Waals surface area contributed by atoms with Crippen molar-refractivity contribution in [2.75, 3.05) is 26.1 Å². The molecule has 81 heavy (non-hydrogen) atoms. The van der Waals surface area contributed by atoms with Crippen LogP contribution in [0.2, 0.25) is 0 Å². The van der Waals surface area contributed by atoms with Crippen molar-refractivity contribution < 1.29 is 23.7 Å². The summed E-state index contributed by atoms with van der Waals surface area (Å²) in [5.41, 5.74) is 3.18. The number of pyridine rings is 1. The van der Waals surface area contributed by atoms with E-state index >= 15 is 0 Å². The first-order valence-electron chi connectivity index (χ1n) is 34.9. The molecule has 0 radical (unpaired) electrons. The lowest BCUT2D eigenvalue weighted by Gasteiger charge is -2.19. The summed E-state index contributed by atoms with van der Waals surface area (Å²) in [7, 11) is 0. The molecule has 3 aromatic rings. The first-order chi connectivity index (χ1) is 40.1. The molecule has 0 aliphatic heterocycles. The lowest BCUT2D eigenvalue weighted by molar-refractivity contribution is 0.0471. The van der Waals surface area contributed by atoms with Crippen molar-refractivity contribution >= 4 is 17.7 Å². The number of hydrogen-bond donors (Lipinski definition) is 0. The van der Waals surface area contributed by atoms with Gasteiger partial charge in [-0.15, -0.1) is 11.8 Å². The third kappa shape index (κ3) is 39.1. The molecule has 0 aliphatic rings.